The second-order valence-corrected chi connectivity index (χ2v) is 8.02. The number of likely N-dealkylation sites (N-methyl/N-ethyl adjacent to an activating group) is 1. The Hall–Kier alpha value is -2.57. The van der Waals surface area contributed by atoms with Crippen molar-refractivity contribution in [3.05, 3.63) is 60.2 Å². The van der Waals surface area contributed by atoms with Gasteiger partial charge in [0.05, 0.1) is 0 Å². The fourth-order valence-corrected chi connectivity index (χ4v) is 3.97. The number of hydrogen-bond donors (Lipinski definition) is 1. The molecule has 0 atom stereocenters. The van der Waals surface area contributed by atoms with E-state index in [0.29, 0.717) is 0 Å². The molecule has 0 unspecified atom stereocenters. The van der Waals surface area contributed by atoms with Gasteiger partial charge in [-0.05, 0) is 36.9 Å². The highest BCUT2D eigenvalue weighted by Gasteiger charge is 2.21. The van der Waals surface area contributed by atoms with Crippen LogP contribution in [0, 0.1) is 0 Å². The normalized spacial score (nSPS) is 18.7. The molecule has 1 N–H and O–H groups in total. The third-order valence-corrected chi connectivity index (χ3v) is 5.90. The highest BCUT2D eigenvalue weighted by molar-refractivity contribution is 5.89. The van der Waals surface area contributed by atoms with E-state index in [0.717, 1.165) is 64.6 Å². The van der Waals surface area contributed by atoms with Gasteiger partial charge >= 0.3 is 6.03 Å². The Morgan fingerprint density at radius 3 is 2.14 bits per heavy atom. The number of piperazine rings is 2. The Morgan fingerprint density at radius 1 is 0.828 bits per heavy atom. The summed E-state index contributed by atoms with van der Waals surface area (Å²) >= 11 is 0. The quantitative estimate of drug-likeness (QED) is 0.867. The Morgan fingerprint density at radius 2 is 1.48 bits per heavy atom. The number of urea groups is 1. The number of nitrogens with zero attached hydrogens (tertiary/aromatic N) is 4. The van der Waals surface area contributed by atoms with Crippen LogP contribution in [-0.2, 0) is 6.54 Å². The van der Waals surface area contributed by atoms with Gasteiger partial charge in [0.15, 0.2) is 0 Å². The predicted octanol–water partition coefficient (Wildman–Crippen LogP) is 2.79. The van der Waals surface area contributed by atoms with Crippen LogP contribution >= 0.6 is 0 Å². The summed E-state index contributed by atoms with van der Waals surface area (Å²) < 4.78 is 0. The number of amides is 2. The minimum Gasteiger partial charge on any atom is -0.369 e. The Labute approximate surface area is 173 Å². The first-order valence-electron chi connectivity index (χ1n) is 10.5. The largest absolute Gasteiger partial charge is 0.369 e. The van der Waals surface area contributed by atoms with Gasteiger partial charge in [-0.15, -0.1) is 0 Å². The van der Waals surface area contributed by atoms with E-state index in [2.05, 4.69) is 63.5 Å². The zero-order chi connectivity index (χ0) is 20.1. The van der Waals surface area contributed by atoms with Crippen molar-refractivity contribution in [3.63, 3.8) is 0 Å². The Balaban J connectivity index is 1.24. The summed E-state index contributed by atoms with van der Waals surface area (Å²) in [5.41, 5.74) is 3.41. The van der Waals surface area contributed by atoms with Crippen LogP contribution in [-0.4, -0.2) is 80.1 Å². The van der Waals surface area contributed by atoms with E-state index in [9.17, 15) is 4.79 Å². The van der Waals surface area contributed by atoms with E-state index in [1.807, 2.05) is 23.1 Å². The van der Waals surface area contributed by atoms with Gasteiger partial charge in [-0.2, -0.15) is 0 Å². The van der Waals surface area contributed by atoms with Gasteiger partial charge in [0.25, 0.3) is 0 Å². The van der Waals surface area contributed by atoms with Crippen LogP contribution in [0.3, 0.4) is 0 Å². The Bertz CT molecular complexity index is 779. The molecule has 29 heavy (non-hydrogen) atoms. The SMILES string of the molecule is CN1CCN(c2ccc(NC(=O)N3CCN(Cc4ccccc4)CC3)cc2)CC1. The monoisotopic (exact) mass is 393 g/mol. The van der Waals surface area contributed by atoms with Gasteiger partial charge in [-0.1, -0.05) is 30.3 Å². The summed E-state index contributed by atoms with van der Waals surface area (Å²) in [4.78, 5) is 21.7. The second-order valence-electron chi connectivity index (χ2n) is 8.02. The first kappa shape index (κ1) is 19.7. The lowest BCUT2D eigenvalue weighted by molar-refractivity contribution is 0.143. The number of carbonyl (C=O) groups excluding carboxylic acids is 1. The van der Waals surface area contributed by atoms with E-state index in [1.165, 1.54) is 11.3 Å². The van der Waals surface area contributed by atoms with E-state index in [4.69, 9.17) is 0 Å². The van der Waals surface area contributed by atoms with Gasteiger partial charge in [-0.25, -0.2) is 4.79 Å². The fraction of sp³-hybridized carbons (Fsp3) is 0.435. The lowest BCUT2D eigenvalue weighted by Gasteiger charge is -2.35. The lowest BCUT2D eigenvalue weighted by atomic mass is 10.2. The molecule has 0 aromatic heterocycles. The molecule has 2 fully saturated rings. The van der Waals surface area contributed by atoms with Crippen LogP contribution in [0.5, 0.6) is 0 Å². The molecule has 2 aliphatic rings. The van der Waals surface area contributed by atoms with E-state index < -0.39 is 0 Å². The zero-order valence-corrected chi connectivity index (χ0v) is 17.3. The number of hydrogen-bond acceptors (Lipinski definition) is 4. The standard InChI is InChI=1S/C23H31N5O/c1-25-11-15-27(16-12-25)22-9-7-21(8-10-22)24-23(29)28-17-13-26(14-18-28)19-20-5-3-2-4-6-20/h2-10H,11-19H2,1H3,(H,24,29). The highest BCUT2D eigenvalue weighted by Crippen LogP contribution is 2.20. The zero-order valence-electron chi connectivity index (χ0n) is 17.3. The highest BCUT2D eigenvalue weighted by atomic mass is 16.2. The molecule has 0 aliphatic carbocycles. The molecule has 154 valence electrons. The van der Waals surface area contributed by atoms with Crippen LogP contribution < -0.4 is 10.2 Å². The van der Waals surface area contributed by atoms with E-state index in [-0.39, 0.29) is 6.03 Å². The molecule has 2 aromatic rings. The number of nitrogens with one attached hydrogen (secondary N) is 1. The van der Waals surface area contributed by atoms with Crippen molar-refractivity contribution < 1.29 is 4.79 Å². The number of carbonyl (C=O) groups is 1. The van der Waals surface area contributed by atoms with Crippen molar-refractivity contribution in [1.82, 2.24) is 14.7 Å². The van der Waals surface area contributed by atoms with E-state index in [1.54, 1.807) is 0 Å². The van der Waals surface area contributed by atoms with Crippen LogP contribution in [0.15, 0.2) is 54.6 Å². The van der Waals surface area contributed by atoms with Crippen LogP contribution in [0.25, 0.3) is 0 Å². The molecule has 0 saturated carbocycles. The lowest BCUT2D eigenvalue weighted by Crippen LogP contribution is -2.49. The number of rotatable bonds is 4. The van der Waals surface area contributed by atoms with Crippen LogP contribution in [0.4, 0.5) is 16.2 Å². The van der Waals surface area contributed by atoms with Crippen molar-refractivity contribution in [1.29, 1.82) is 0 Å². The minimum atomic E-state index is -0.00305. The first-order valence-corrected chi connectivity index (χ1v) is 10.5. The van der Waals surface area contributed by atoms with Crippen molar-refractivity contribution in [2.24, 2.45) is 0 Å². The van der Waals surface area contributed by atoms with E-state index >= 15 is 0 Å². The summed E-state index contributed by atoms with van der Waals surface area (Å²) in [5, 5.41) is 3.06. The molecule has 0 bridgehead atoms. The van der Waals surface area contributed by atoms with Crippen molar-refractivity contribution in [2.45, 2.75) is 6.54 Å². The van der Waals surface area contributed by atoms with Crippen LogP contribution in [0.2, 0.25) is 0 Å². The minimum absolute atomic E-state index is 0.00305. The van der Waals surface area contributed by atoms with Gasteiger partial charge in [0, 0.05) is 70.3 Å². The summed E-state index contributed by atoms with van der Waals surface area (Å²) in [7, 11) is 2.16. The maximum absolute atomic E-state index is 12.6. The van der Waals surface area contributed by atoms with Gasteiger partial charge in [0.1, 0.15) is 0 Å². The molecule has 2 aromatic carbocycles. The summed E-state index contributed by atoms with van der Waals surface area (Å²) in [6.07, 6.45) is 0. The maximum atomic E-state index is 12.6. The number of benzene rings is 2. The Kier molecular flexibility index (Phi) is 6.32. The molecular weight excluding hydrogens is 362 g/mol. The molecule has 4 rings (SSSR count). The first-order chi connectivity index (χ1) is 14.2. The molecular formula is C23H31N5O. The predicted molar refractivity (Wildman–Crippen MR) is 118 cm³/mol. The third kappa shape index (κ3) is 5.28. The molecule has 0 radical (unpaired) electrons. The van der Waals surface area contributed by atoms with Crippen molar-refractivity contribution in [2.75, 3.05) is 69.6 Å². The molecule has 2 aliphatic heterocycles. The molecule has 2 saturated heterocycles. The van der Waals surface area contributed by atoms with Crippen LogP contribution in [0.1, 0.15) is 5.56 Å². The molecule has 0 spiro atoms. The molecule has 6 heteroatoms. The van der Waals surface area contributed by atoms with Gasteiger partial charge in [0.2, 0.25) is 0 Å². The fourth-order valence-electron chi connectivity index (χ4n) is 3.97. The maximum Gasteiger partial charge on any atom is 0.321 e. The smallest absolute Gasteiger partial charge is 0.321 e. The average Bonchev–Trinajstić information content (AvgIpc) is 2.76. The van der Waals surface area contributed by atoms with Crippen molar-refractivity contribution in [3.8, 4) is 0 Å². The summed E-state index contributed by atoms with van der Waals surface area (Å²) in [5.74, 6) is 0. The molecule has 2 heterocycles. The number of anilines is 2. The average molecular weight is 394 g/mol. The second kappa shape index (κ2) is 9.29. The molecule has 6 nitrogen and oxygen atoms in total. The van der Waals surface area contributed by atoms with Gasteiger partial charge in [-0.3, -0.25) is 4.90 Å². The summed E-state index contributed by atoms with van der Waals surface area (Å²) in [6, 6.07) is 18.8. The van der Waals surface area contributed by atoms with Gasteiger partial charge < -0.3 is 20.0 Å². The topological polar surface area (TPSA) is 42.1 Å². The third-order valence-electron chi connectivity index (χ3n) is 5.90. The molecule has 2 amide bonds. The van der Waals surface area contributed by atoms with Crippen molar-refractivity contribution >= 4 is 17.4 Å². The summed E-state index contributed by atoms with van der Waals surface area (Å²) in [6.45, 7) is 8.57.